The van der Waals surface area contributed by atoms with E-state index in [-0.39, 0.29) is 11.4 Å². The summed E-state index contributed by atoms with van der Waals surface area (Å²) >= 11 is 0. The Labute approximate surface area is 187 Å². The molecule has 2 N–H and O–H groups in total. The van der Waals surface area contributed by atoms with Gasteiger partial charge in [-0.2, -0.15) is 0 Å². The molecular formula is C24H22N4O3S. The highest BCUT2D eigenvalue weighted by Gasteiger charge is 2.15. The molecule has 0 bridgehead atoms. The Bertz CT molecular complexity index is 1310. The van der Waals surface area contributed by atoms with Crippen LogP contribution in [0.3, 0.4) is 0 Å². The Hall–Kier alpha value is -3.75. The summed E-state index contributed by atoms with van der Waals surface area (Å²) in [5.74, 6) is 1.24. The fourth-order valence-corrected chi connectivity index (χ4v) is 4.24. The van der Waals surface area contributed by atoms with Crippen molar-refractivity contribution in [1.82, 2.24) is 14.7 Å². The zero-order chi connectivity index (χ0) is 22.4. The third-order valence-corrected chi connectivity index (χ3v) is 6.17. The highest BCUT2D eigenvalue weighted by molar-refractivity contribution is 7.89. The van der Waals surface area contributed by atoms with Crippen LogP contribution in [0.4, 0.5) is 11.5 Å². The Morgan fingerprint density at radius 2 is 1.66 bits per heavy atom. The summed E-state index contributed by atoms with van der Waals surface area (Å²) in [5, 5.41) is 3.15. The molecule has 0 aliphatic carbocycles. The maximum atomic E-state index is 12.7. The number of hydrogen-bond acceptors (Lipinski definition) is 6. The SMILES string of the molecule is COc1ccccc1-c1cc(Nc2cccc(S(=O)(=O)NCc3ccccc3)c2)ncn1. The minimum atomic E-state index is -3.67. The monoisotopic (exact) mass is 446 g/mol. The smallest absolute Gasteiger partial charge is 0.240 e. The first kappa shape index (κ1) is 21.5. The van der Waals surface area contributed by atoms with Crippen molar-refractivity contribution in [3.05, 3.63) is 96.8 Å². The van der Waals surface area contributed by atoms with Crippen molar-refractivity contribution in [2.45, 2.75) is 11.4 Å². The van der Waals surface area contributed by atoms with Crippen molar-refractivity contribution in [2.24, 2.45) is 0 Å². The topological polar surface area (TPSA) is 93.2 Å². The van der Waals surface area contributed by atoms with E-state index in [9.17, 15) is 8.42 Å². The highest BCUT2D eigenvalue weighted by Crippen LogP contribution is 2.29. The molecule has 0 amide bonds. The molecule has 7 nitrogen and oxygen atoms in total. The van der Waals surface area contributed by atoms with Crippen LogP contribution < -0.4 is 14.8 Å². The van der Waals surface area contributed by atoms with Crippen LogP contribution in [0.1, 0.15) is 5.56 Å². The summed E-state index contributed by atoms with van der Waals surface area (Å²) in [5.41, 5.74) is 3.00. The van der Waals surface area contributed by atoms with Crippen LogP contribution in [0.15, 0.2) is 96.2 Å². The van der Waals surface area contributed by atoms with Gasteiger partial charge in [-0.05, 0) is 35.9 Å². The lowest BCUT2D eigenvalue weighted by Crippen LogP contribution is -2.23. The van der Waals surface area contributed by atoms with Gasteiger partial charge in [0.1, 0.15) is 17.9 Å². The molecule has 4 aromatic rings. The van der Waals surface area contributed by atoms with Crippen molar-refractivity contribution in [1.29, 1.82) is 0 Å². The van der Waals surface area contributed by atoms with Crippen LogP contribution in [0.5, 0.6) is 5.75 Å². The van der Waals surface area contributed by atoms with Gasteiger partial charge in [-0.15, -0.1) is 0 Å². The number of rotatable bonds is 8. The largest absolute Gasteiger partial charge is 0.496 e. The Balaban J connectivity index is 1.53. The first-order valence-electron chi connectivity index (χ1n) is 9.91. The standard InChI is InChI=1S/C24H22N4O3S/c1-31-23-13-6-5-12-21(23)22-15-24(26-17-25-22)28-19-10-7-11-20(14-19)32(29,30)27-16-18-8-3-2-4-9-18/h2-15,17,27H,16H2,1H3,(H,25,26,28). The van der Waals surface area contributed by atoms with Gasteiger partial charge in [0.2, 0.25) is 10.0 Å². The molecule has 0 spiro atoms. The highest BCUT2D eigenvalue weighted by atomic mass is 32.2. The van der Waals surface area contributed by atoms with E-state index in [1.54, 1.807) is 37.4 Å². The second kappa shape index (κ2) is 9.59. The van der Waals surface area contributed by atoms with Gasteiger partial charge in [0.25, 0.3) is 0 Å². The Kier molecular flexibility index (Phi) is 6.44. The van der Waals surface area contributed by atoms with E-state index < -0.39 is 10.0 Å². The lowest BCUT2D eigenvalue weighted by Gasteiger charge is -2.11. The molecule has 1 aromatic heterocycles. The molecule has 0 unspecified atom stereocenters. The number of nitrogens with zero attached hydrogens (tertiary/aromatic N) is 2. The predicted octanol–water partition coefficient (Wildman–Crippen LogP) is 4.37. The van der Waals surface area contributed by atoms with Crippen LogP contribution in [0.2, 0.25) is 0 Å². The molecule has 0 saturated carbocycles. The average Bonchev–Trinajstić information content (AvgIpc) is 2.84. The number of para-hydroxylation sites is 1. The first-order valence-corrected chi connectivity index (χ1v) is 11.4. The minimum Gasteiger partial charge on any atom is -0.496 e. The lowest BCUT2D eigenvalue weighted by atomic mass is 10.1. The number of aromatic nitrogens is 2. The first-order chi connectivity index (χ1) is 15.5. The molecule has 1 heterocycles. The number of methoxy groups -OCH3 is 1. The number of benzene rings is 3. The van der Waals surface area contributed by atoms with Crippen molar-refractivity contribution in [2.75, 3.05) is 12.4 Å². The normalized spacial score (nSPS) is 11.2. The maximum Gasteiger partial charge on any atom is 0.240 e. The summed E-state index contributed by atoms with van der Waals surface area (Å²) in [6, 6.07) is 25.3. The fraction of sp³-hybridized carbons (Fsp3) is 0.0833. The number of anilines is 2. The Morgan fingerprint density at radius 1 is 0.875 bits per heavy atom. The van der Waals surface area contributed by atoms with Crippen molar-refractivity contribution in [3.8, 4) is 17.0 Å². The van der Waals surface area contributed by atoms with E-state index in [0.717, 1.165) is 11.1 Å². The molecular weight excluding hydrogens is 424 g/mol. The lowest BCUT2D eigenvalue weighted by molar-refractivity contribution is 0.416. The molecule has 0 fully saturated rings. The maximum absolute atomic E-state index is 12.7. The van der Waals surface area contributed by atoms with Crippen molar-refractivity contribution in [3.63, 3.8) is 0 Å². The van der Waals surface area contributed by atoms with Gasteiger partial charge < -0.3 is 10.1 Å². The molecule has 4 rings (SSSR count). The summed E-state index contributed by atoms with van der Waals surface area (Å²) in [6.45, 7) is 0.217. The van der Waals surface area contributed by atoms with Crippen LogP contribution in [0, 0.1) is 0 Å². The molecule has 0 atom stereocenters. The van der Waals surface area contributed by atoms with E-state index >= 15 is 0 Å². The summed E-state index contributed by atoms with van der Waals surface area (Å²) in [6.07, 6.45) is 1.45. The third kappa shape index (κ3) is 5.11. The predicted molar refractivity (Wildman–Crippen MR) is 124 cm³/mol. The van der Waals surface area contributed by atoms with Crippen LogP contribution in [-0.2, 0) is 16.6 Å². The summed E-state index contributed by atoms with van der Waals surface area (Å²) < 4.78 is 33.5. The van der Waals surface area contributed by atoms with Gasteiger partial charge in [0.05, 0.1) is 17.7 Å². The second-order valence-electron chi connectivity index (χ2n) is 6.95. The van der Waals surface area contributed by atoms with Crippen LogP contribution >= 0.6 is 0 Å². The van der Waals surface area contributed by atoms with E-state index in [1.165, 1.54) is 6.33 Å². The van der Waals surface area contributed by atoms with Gasteiger partial charge in [-0.25, -0.2) is 23.1 Å². The Morgan fingerprint density at radius 3 is 2.47 bits per heavy atom. The molecule has 0 saturated heterocycles. The second-order valence-corrected chi connectivity index (χ2v) is 8.72. The molecule has 8 heteroatoms. The number of sulfonamides is 1. The zero-order valence-corrected chi connectivity index (χ0v) is 18.2. The van der Waals surface area contributed by atoms with Gasteiger partial charge >= 0.3 is 0 Å². The molecule has 0 aliphatic rings. The zero-order valence-electron chi connectivity index (χ0n) is 17.4. The molecule has 162 valence electrons. The third-order valence-electron chi connectivity index (χ3n) is 4.78. The van der Waals surface area contributed by atoms with E-state index in [2.05, 4.69) is 20.0 Å². The van der Waals surface area contributed by atoms with Crippen molar-refractivity contribution < 1.29 is 13.2 Å². The average molecular weight is 447 g/mol. The summed E-state index contributed by atoms with van der Waals surface area (Å²) in [7, 11) is -2.06. The number of hydrogen-bond donors (Lipinski definition) is 2. The molecule has 32 heavy (non-hydrogen) atoms. The van der Waals surface area contributed by atoms with Crippen LogP contribution in [0.25, 0.3) is 11.3 Å². The van der Waals surface area contributed by atoms with E-state index in [0.29, 0.717) is 22.9 Å². The van der Waals surface area contributed by atoms with E-state index in [1.807, 2.05) is 54.6 Å². The van der Waals surface area contributed by atoms with E-state index in [4.69, 9.17) is 4.74 Å². The summed E-state index contributed by atoms with van der Waals surface area (Å²) in [4.78, 5) is 8.75. The fourth-order valence-electron chi connectivity index (χ4n) is 3.18. The van der Waals surface area contributed by atoms with Gasteiger partial charge in [0.15, 0.2) is 0 Å². The molecule has 3 aromatic carbocycles. The van der Waals surface area contributed by atoms with Gasteiger partial charge in [-0.3, -0.25) is 0 Å². The van der Waals surface area contributed by atoms with Crippen molar-refractivity contribution >= 4 is 21.5 Å². The quantitative estimate of drug-likeness (QED) is 0.417. The molecule has 0 radical (unpaired) electrons. The number of ether oxygens (including phenoxy) is 1. The molecule has 0 aliphatic heterocycles. The number of nitrogens with one attached hydrogen (secondary N) is 2. The van der Waals surface area contributed by atoms with Gasteiger partial charge in [0, 0.05) is 23.9 Å². The van der Waals surface area contributed by atoms with Crippen LogP contribution in [-0.4, -0.2) is 25.5 Å². The minimum absolute atomic E-state index is 0.164. The van der Waals surface area contributed by atoms with Gasteiger partial charge in [-0.1, -0.05) is 48.5 Å².